The van der Waals surface area contributed by atoms with Crippen molar-refractivity contribution in [1.82, 2.24) is 4.98 Å². The maximum atomic E-state index is 11.9. The largest absolute Gasteiger partial charge is 0.492 e. The van der Waals surface area contributed by atoms with Crippen LogP contribution < -0.4 is 4.74 Å². The van der Waals surface area contributed by atoms with E-state index in [1.54, 1.807) is 6.92 Å². The molecule has 4 nitrogen and oxygen atoms in total. The number of carbonyl (C=O) groups excluding carboxylic acids is 1. The van der Waals surface area contributed by atoms with E-state index in [0.717, 1.165) is 17.0 Å². The molecule has 0 aliphatic carbocycles. The molecule has 0 amide bonds. The molecule has 1 aliphatic heterocycles. The summed E-state index contributed by atoms with van der Waals surface area (Å²) >= 11 is 1.32. The fraction of sp³-hybridized carbons (Fsp3) is 0.500. The van der Waals surface area contributed by atoms with Gasteiger partial charge < -0.3 is 9.47 Å². The second kappa shape index (κ2) is 6.13. The molecule has 0 fully saturated rings. The lowest BCUT2D eigenvalue weighted by molar-refractivity contribution is 0.0526. The predicted molar refractivity (Wildman–Crippen MR) is 101 cm³/mol. The summed E-state index contributed by atoms with van der Waals surface area (Å²) in [6, 6.07) is 4.30. The van der Waals surface area contributed by atoms with Crippen LogP contribution >= 0.6 is 11.3 Å². The fourth-order valence-corrected chi connectivity index (χ4v) is 3.73. The van der Waals surface area contributed by atoms with Gasteiger partial charge in [0.15, 0.2) is 0 Å². The van der Waals surface area contributed by atoms with Crippen molar-refractivity contribution in [2.45, 2.75) is 52.4 Å². The molecule has 0 atom stereocenters. The molecule has 5 heteroatoms. The van der Waals surface area contributed by atoms with Gasteiger partial charge >= 0.3 is 5.97 Å². The first-order valence-corrected chi connectivity index (χ1v) is 9.46. The zero-order valence-electron chi connectivity index (χ0n) is 15.7. The Morgan fingerprint density at radius 3 is 2.72 bits per heavy atom. The van der Waals surface area contributed by atoms with Crippen LogP contribution in [0.25, 0.3) is 11.3 Å². The summed E-state index contributed by atoms with van der Waals surface area (Å²) in [5, 5.41) is 2.31. The van der Waals surface area contributed by atoms with Gasteiger partial charge in [-0.1, -0.05) is 34.6 Å². The maximum Gasteiger partial charge on any atom is 0.367 e. The highest BCUT2D eigenvalue weighted by molar-refractivity contribution is 7.11. The number of hydrogen-bond acceptors (Lipinski definition) is 5. The zero-order chi connectivity index (χ0) is 18.4. The highest BCUT2D eigenvalue weighted by Crippen LogP contribution is 2.46. The third-order valence-electron chi connectivity index (χ3n) is 4.45. The van der Waals surface area contributed by atoms with E-state index in [1.807, 2.05) is 5.38 Å². The average molecular weight is 359 g/mol. The summed E-state index contributed by atoms with van der Waals surface area (Å²) in [7, 11) is 0. The van der Waals surface area contributed by atoms with Crippen molar-refractivity contribution in [2.75, 3.05) is 13.2 Å². The van der Waals surface area contributed by atoms with Crippen molar-refractivity contribution in [3.8, 4) is 17.0 Å². The van der Waals surface area contributed by atoms with Crippen molar-refractivity contribution in [3.63, 3.8) is 0 Å². The molecule has 1 aromatic carbocycles. The van der Waals surface area contributed by atoms with Crippen LogP contribution in [0.3, 0.4) is 0 Å². The van der Waals surface area contributed by atoms with Gasteiger partial charge in [-0.25, -0.2) is 9.78 Å². The molecule has 0 bridgehead atoms. The van der Waals surface area contributed by atoms with Gasteiger partial charge in [-0.2, -0.15) is 0 Å². The predicted octanol–water partition coefficient (Wildman–Crippen LogP) is 4.95. The SMILES string of the molecule is CCOC(=O)c1nc(-c2cc(C(C)(C)C)c3c(c2)C(C)(C)CO3)cs1. The summed E-state index contributed by atoms with van der Waals surface area (Å²) in [4.78, 5) is 16.4. The van der Waals surface area contributed by atoms with Gasteiger partial charge in [0.2, 0.25) is 5.01 Å². The Balaban J connectivity index is 2.11. The first kappa shape index (κ1) is 17.9. The van der Waals surface area contributed by atoms with Gasteiger partial charge in [-0.05, 0) is 24.5 Å². The van der Waals surface area contributed by atoms with Crippen LogP contribution in [0.5, 0.6) is 5.75 Å². The molecule has 134 valence electrons. The Kier molecular flexibility index (Phi) is 4.40. The van der Waals surface area contributed by atoms with Gasteiger partial charge in [0.25, 0.3) is 0 Å². The van der Waals surface area contributed by atoms with Crippen LogP contribution in [0.1, 0.15) is 62.5 Å². The second-order valence-electron chi connectivity index (χ2n) is 8.08. The van der Waals surface area contributed by atoms with E-state index in [2.05, 4.69) is 51.7 Å². The average Bonchev–Trinajstić information content (AvgIpc) is 3.11. The van der Waals surface area contributed by atoms with E-state index >= 15 is 0 Å². The number of ether oxygens (including phenoxy) is 2. The minimum atomic E-state index is -0.361. The highest BCUT2D eigenvalue weighted by Gasteiger charge is 2.36. The molecule has 3 rings (SSSR count). The molecule has 1 aliphatic rings. The number of benzene rings is 1. The van der Waals surface area contributed by atoms with Crippen molar-refractivity contribution in [1.29, 1.82) is 0 Å². The Bertz CT molecular complexity index is 815. The number of carbonyl (C=O) groups is 1. The van der Waals surface area contributed by atoms with Crippen molar-refractivity contribution in [2.24, 2.45) is 0 Å². The van der Waals surface area contributed by atoms with Gasteiger partial charge in [0.05, 0.1) is 18.9 Å². The first-order chi connectivity index (χ1) is 11.6. The smallest absolute Gasteiger partial charge is 0.367 e. The quantitative estimate of drug-likeness (QED) is 0.727. The number of aromatic nitrogens is 1. The summed E-state index contributed by atoms with van der Waals surface area (Å²) in [5.41, 5.74) is 4.14. The van der Waals surface area contributed by atoms with Crippen LogP contribution in [-0.2, 0) is 15.6 Å². The van der Waals surface area contributed by atoms with Gasteiger partial charge in [0, 0.05) is 27.5 Å². The molecule has 0 saturated heterocycles. The lowest BCUT2D eigenvalue weighted by Crippen LogP contribution is -2.18. The Morgan fingerprint density at radius 1 is 1.36 bits per heavy atom. The molecule has 1 aromatic heterocycles. The minimum Gasteiger partial charge on any atom is -0.492 e. The van der Waals surface area contributed by atoms with E-state index in [9.17, 15) is 4.79 Å². The number of hydrogen-bond donors (Lipinski definition) is 0. The third kappa shape index (κ3) is 3.30. The number of thiazole rings is 1. The first-order valence-electron chi connectivity index (χ1n) is 8.58. The fourth-order valence-electron chi connectivity index (χ4n) is 3.02. The van der Waals surface area contributed by atoms with Crippen molar-refractivity contribution < 1.29 is 14.3 Å². The van der Waals surface area contributed by atoms with E-state index in [0.29, 0.717) is 18.2 Å². The van der Waals surface area contributed by atoms with Crippen molar-refractivity contribution >= 4 is 17.3 Å². The molecular formula is C20H25NO3S. The molecule has 0 radical (unpaired) electrons. The topological polar surface area (TPSA) is 48.4 Å². The van der Waals surface area contributed by atoms with Crippen molar-refractivity contribution in [3.05, 3.63) is 33.6 Å². The molecule has 2 aromatic rings. The lowest BCUT2D eigenvalue weighted by Gasteiger charge is -2.24. The Hall–Kier alpha value is -1.88. The summed E-state index contributed by atoms with van der Waals surface area (Å²) in [5.74, 6) is 0.640. The second-order valence-corrected chi connectivity index (χ2v) is 8.94. The highest BCUT2D eigenvalue weighted by atomic mass is 32.1. The third-order valence-corrected chi connectivity index (χ3v) is 5.28. The van der Waals surface area contributed by atoms with Gasteiger partial charge in [-0.15, -0.1) is 11.3 Å². The zero-order valence-corrected chi connectivity index (χ0v) is 16.5. The molecular weight excluding hydrogens is 334 g/mol. The molecule has 2 heterocycles. The van der Waals surface area contributed by atoms with Crippen LogP contribution in [0.4, 0.5) is 0 Å². The lowest BCUT2D eigenvalue weighted by atomic mass is 9.79. The molecule has 0 N–H and O–H groups in total. The molecule has 0 unspecified atom stereocenters. The molecule has 0 saturated carbocycles. The standard InChI is InChI=1S/C20H25NO3S/c1-7-23-18(22)17-21-15(10-25-17)12-8-13(19(2,3)4)16-14(9-12)20(5,6)11-24-16/h8-10H,7,11H2,1-6H3. The van der Waals surface area contributed by atoms with Gasteiger partial charge in [0.1, 0.15) is 5.75 Å². The van der Waals surface area contributed by atoms with Crippen LogP contribution in [0.15, 0.2) is 17.5 Å². The normalized spacial score (nSPS) is 15.6. The molecule has 25 heavy (non-hydrogen) atoms. The minimum absolute atomic E-state index is 0.0364. The number of rotatable bonds is 3. The summed E-state index contributed by atoms with van der Waals surface area (Å²) < 4.78 is 11.1. The maximum absolute atomic E-state index is 11.9. The Morgan fingerprint density at radius 2 is 2.08 bits per heavy atom. The Labute approximate surface area is 153 Å². The monoisotopic (exact) mass is 359 g/mol. The number of nitrogens with zero attached hydrogens (tertiary/aromatic N) is 1. The summed E-state index contributed by atoms with van der Waals surface area (Å²) in [6.07, 6.45) is 0. The number of esters is 1. The van der Waals surface area contributed by atoms with Crippen LogP contribution in [0, 0.1) is 0 Å². The van der Waals surface area contributed by atoms with Crippen LogP contribution in [-0.4, -0.2) is 24.2 Å². The van der Waals surface area contributed by atoms with Gasteiger partial charge in [-0.3, -0.25) is 0 Å². The van der Waals surface area contributed by atoms with E-state index in [4.69, 9.17) is 9.47 Å². The van der Waals surface area contributed by atoms with E-state index in [1.165, 1.54) is 22.5 Å². The van der Waals surface area contributed by atoms with E-state index in [-0.39, 0.29) is 16.8 Å². The van der Waals surface area contributed by atoms with Crippen LogP contribution in [0.2, 0.25) is 0 Å². The summed E-state index contributed by atoms with van der Waals surface area (Å²) in [6.45, 7) is 13.8. The molecule has 0 spiro atoms. The van der Waals surface area contributed by atoms with E-state index < -0.39 is 0 Å². The number of fused-ring (bicyclic) bond motifs is 1.